The number of hydrogen-bond donors (Lipinski definition) is 1. The molecule has 1 fully saturated rings. The molecule has 3 heteroatoms. The van der Waals surface area contributed by atoms with Gasteiger partial charge in [0, 0.05) is 17.1 Å². The lowest BCUT2D eigenvalue weighted by Gasteiger charge is -2.35. The fraction of sp³-hybridized carbons (Fsp3) is 0.571. The van der Waals surface area contributed by atoms with Gasteiger partial charge in [-0.15, -0.1) is 0 Å². The minimum Gasteiger partial charge on any atom is -0.380 e. The van der Waals surface area contributed by atoms with Gasteiger partial charge in [-0.1, -0.05) is 41.3 Å². The number of hydrogen-bond acceptors (Lipinski definition) is 2. The summed E-state index contributed by atoms with van der Waals surface area (Å²) in [6, 6.07) is 6.36. The van der Waals surface area contributed by atoms with Crippen LogP contribution in [0.3, 0.4) is 0 Å². The van der Waals surface area contributed by atoms with Crippen molar-refractivity contribution < 1.29 is 4.74 Å². The van der Waals surface area contributed by atoms with E-state index in [1.807, 2.05) is 0 Å². The quantitative estimate of drug-likeness (QED) is 0.923. The van der Waals surface area contributed by atoms with E-state index in [-0.39, 0.29) is 5.54 Å². The summed E-state index contributed by atoms with van der Waals surface area (Å²) in [7, 11) is 1.73. The molecule has 1 aliphatic carbocycles. The molecule has 1 aliphatic rings. The monoisotopic (exact) mass is 297 g/mol. The van der Waals surface area contributed by atoms with E-state index in [2.05, 4.69) is 34.1 Å². The molecular weight excluding hydrogens is 278 g/mol. The van der Waals surface area contributed by atoms with Gasteiger partial charge in [-0.3, -0.25) is 0 Å². The van der Waals surface area contributed by atoms with Crippen LogP contribution in [0.25, 0.3) is 0 Å². The normalized spacial score (nSPS) is 19.2. The van der Waals surface area contributed by atoms with E-state index < -0.39 is 0 Å². The molecule has 0 saturated heterocycles. The van der Waals surface area contributed by atoms with Crippen LogP contribution < -0.4 is 5.73 Å². The SMILES string of the molecule is COCc1cc(Br)ccc1C1(N)CCCCC1. The molecule has 94 valence electrons. The second-order valence-electron chi connectivity index (χ2n) is 4.95. The van der Waals surface area contributed by atoms with Crippen molar-refractivity contribution in [1.82, 2.24) is 0 Å². The van der Waals surface area contributed by atoms with Crippen LogP contribution in [0.5, 0.6) is 0 Å². The Morgan fingerprint density at radius 1 is 1.29 bits per heavy atom. The molecule has 0 amide bonds. The van der Waals surface area contributed by atoms with Crippen molar-refractivity contribution in [2.24, 2.45) is 5.73 Å². The van der Waals surface area contributed by atoms with E-state index in [1.165, 1.54) is 30.4 Å². The van der Waals surface area contributed by atoms with Crippen molar-refractivity contribution in [1.29, 1.82) is 0 Å². The van der Waals surface area contributed by atoms with E-state index in [0.29, 0.717) is 6.61 Å². The van der Waals surface area contributed by atoms with Crippen molar-refractivity contribution in [3.63, 3.8) is 0 Å². The van der Waals surface area contributed by atoms with Crippen LogP contribution >= 0.6 is 15.9 Å². The zero-order valence-electron chi connectivity index (χ0n) is 10.3. The number of rotatable bonds is 3. The topological polar surface area (TPSA) is 35.2 Å². The Morgan fingerprint density at radius 3 is 2.65 bits per heavy atom. The first-order valence-corrected chi connectivity index (χ1v) is 7.02. The lowest BCUT2D eigenvalue weighted by molar-refractivity contribution is 0.181. The van der Waals surface area contributed by atoms with Gasteiger partial charge in [-0.2, -0.15) is 0 Å². The van der Waals surface area contributed by atoms with Gasteiger partial charge in [0.05, 0.1) is 6.61 Å². The maximum absolute atomic E-state index is 6.59. The minimum atomic E-state index is -0.146. The van der Waals surface area contributed by atoms with E-state index >= 15 is 0 Å². The summed E-state index contributed by atoms with van der Waals surface area (Å²) in [5.41, 5.74) is 8.92. The Hall–Kier alpha value is -0.380. The molecule has 0 bridgehead atoms. The lowest BCUT2D eigenvalue weighted by Crippen LogP contribution is -2.39. The number of ether oxygens (including phenoxy) is 1. The molecule has 0 unspecified atom stereocenters. The maximum Gasteiger partial charge on any atom is 0.0716 e. The third kappa shape index (κ3) is 2.90. The fourth-order valence-electron chi connectivity index (χ4n) is 2.77. The van der Waals surface area contributed by atoms with Crippen molar-refractivity contribution in [2.75, 3.05) is 7.11 Å². The Labute approximate surface area is 112 Å². The first-order chi connectivity index (χ1) is 8.15. The summed E-state index contributed by atoms with van der Waals surface area (Å²) < 4.78 is 6.37. The highest BCUT2D eigenvalue weighted by Crippen LogP contribution is 2.37. The summed E-state index contributed by atoms with van der Waals surface area (Å²) in [4.78, 5) is 0. The summed E-state index contributed by atoms with van der Waals surface area (Å²) in [5, 5.41) is 0. The standard InChI is InChI=1S/C14H20BrNO/c1-17-10-11-9-12(15)5-6-13(11)14(16)7-3-2-4-8-14/h5-6,9H,2-4,7-8,10,16H2,1H3. The average molecular weight is 298 g/mol. The van der Waals surface area contributed by atoms with Gasteiger partial charge in [-0.05, 0) is 36.1 Å². The van der Waals surface area contributed by atoms with Gasteiger partial charge in [0.2, 0.25) is 0 Å². The highest BCUT2D eigenvalue weighted by Gasteiger charge is 2.31. The largest absolute Gasteiger partial charge is 0.380 e. The average Bonchev–Trinajstić information content (AvgIpc) is 2.30. The minimum absolute atomic E-state index is 0.146. The van der Waals surface area contributed by atoms with Crippen molar-refractivity contribution >= 4 is 15.9 Å². The predicted octanol–water partition coefficient (Wildman–Crippen LogP) is 3.71. The van der Waals surface area contributed by atoms with Gasteiger partial charge in [0.15, 0.2) is 0 Å². The number of methoxy groups -OCH3 is 1. The maximum atomic E-state index is 6.59. The van der Waals surface area contributed by atoms with Crippen LogP contribution in [0.2, 0.25) is 0 Å². The lowest BCUT2D eigenvalue weighted by atomic mass is 9.76. The molecule has 17 heavy (non-hydrogen) atoms. The molecule has 0 spiro atoms. The number of halogens is 1. The summed E-state index contributed by atoms with van der Waals surface area (Å²) in [6.45, 7) is 0.633. The van der Waals surface area contributed by atoms with E-state index in [0.717, 1.165) is 17.3 Å². The third-order valence-electron chi connectivity index (χ3n) is 3.65. The number of nitrogens with two attached hydrogens (primary N) is 1. The molecule has 2 N–H and O–H groups in total. The Kier molecular flexibility index (Phi) is 4.23. The zero-order chi connectivity index (χ0) is 12.3. The van der Waals surface area contributed by atoms with Crippen LogP contribution in [-0.2, 0) is 16.9 Å². The van der Waals surface area contributed by atoms with Gasteiger partial charge in [0.25, 0.3) is 0 Å². The second-order valence-corrected chi connectivity index (χ2v) is 5.87. The van der Waals surface area contributed by atoms with Gasteiger partial charge < -0.3 is 10.5 Å². The Bertz CT molecular complexity index is 386. The zero-order valence-corrected chi connectivity index (χ0v) is 11.9. The van der Waals surface area contributed by atoms with Gasteiger partial charge in [-0.25, -0.2) is 0 Å². The molecule has 1 aromatic rings. The molecule has 0 atom stereocenters. The van der Waals surface area contributed by atoms with Crippen molar-refractivity contribution in [3.05, 3.63) is 33.8 Å². The van der Waals surface area contributed by atoms with Crippen LogP contribution in [0.1, 0.15) is 43.2 Å². The Balaban J connectivity index is 2.35. The number of benzene rings is 1. The molecule has 2 nitrogen and oxygen atoms in total. The second kappa shape index (κ2) is 5.51. The summed E-state index contributed by atoms with van der Waals surface area (Å²) in [5.74, 6) is 0. The summed E-state index contributed by atoms with van der Waals surface area (Å²) in [6.07, 6.45) is 5.96. The van der Waals surface area contributed by atoms with Crippen LogP contribution in [0.15, 0.2) is 22.7 Å². The molecule has 0 radical (unpaired) electrons. The molecular formula is C14H20BrNO. The van der Waals surface area contributed by atoms with Crippen LogP contribution in [0, 0.1) is 0 Å². The molecule has 2 rings (SSSR count). The van der Waals surface area contributed by atoms with E-state index in [9.17, 15) is 0 Å². The Morgan fingerprint density at radius 2 is 2.00 bits per heavy atom. The molecule has 1 aromatic carbocycles. The molecule has 0 aromatic heterocycles. The molecule has 0 heterocycles. The highest BCUT2D eigenvalue weighted by atomic mass is 79.9. The fourth-order valence-corrected chi connectivity index (χ4v) is 3.18. The van der Waals surface area contributed by atoms with Crippen molar-refractivity contribution in [3.8, 4) is 0 Å². The van der Waals surface area contributed by atoms with Crippen LogP contribution in [0.4, 0.5) is 0 Å². The third-order valence-corrected chi connectivity index (χ3v) is 4.14. The van der Waals surface area contributed by atoms with Crippen LogP contribution in [-0.4, -0.2) is 7.11 Å². The first-order valence-electron chi connectivity index (χ1n) is 6.22. The first kappa shape index (κ1) is 13.1. The van der Waals surface area contributed by atoms with Gasteiger partial charge >= 0.3 is 0 Å². The highest BCUT2D eigenvalue weighted by molar-refractivity contribution is 9.10. The predicted molar refractivity (Wildman–Crippen MR) is 73.8 cm³/mol. The van der Waals surface area contributed by atoms with Gasteiger partial charge in [0.1, 0.15) is 0 Å². The smallest absolute Gasteiger partial charge is 0.0716 e. The molecule has 1 saturated carbocycles. The van der Waals surface area contributed by atoms with Crippen molar-refractivity contribution in [2.45, 2.75) is 44.2 Å². The molecule has 0 aliphatic heterocycles. The van der Waals surface area contributed by atoms with E-state index in [1.54, 1.807) is 7.11 Å². The summed E-state index contributed by atoms with van der Waals surface area (Å²) >= 11 is 3.51. The van der Waals surface area contributed by atoms with E-state index in [4.69, 9.17) is 10.5 Å².